The molecular weight excluding hydrogens is 268 g/mol. The number of carbonyl (C=O) groups excluding carboxylic acids is 1. The summed E-state index contributed by atoms with van der Waals surface area (Å²) in [7, 11) is 0. The number of nitrogens with one attached hydrogen (secondary N) is 1. The fourth-order valence-corrected chi connectivity index (χ4v) is 4.24. The summed E-state index contributed by atoms with van der Waals surface area (Å²) in [5.74, 6) is 0.256. The average Bonchev–Trinajstić information content (AvgIpc) is 2.55. The van der Waals surface area contributed by atoms with Crippen molar-refractivity contribution < 1.29 is 14.6 Å². The predicted octanol–water partition coefficient (Wildman–Crippen LogP) is 0.907. The van der Waals surface area contributed by atoms with E-state index < -0.39 is 0 Å². The Labute approximate surface area is 127 Å². The molecule has 0 aromatic heterocycles. The fourth-order valence-electron chi connectivity index (χ4n) is 4.24. The predicted molar refractivity (Wildman–Crippen MR) is 79.9 cm³/mol. The molecule has 2 aliphatic heterocycles. The molecule has 5 nitrogen and oxygen atoms in total. The van der Waals surface area contributed by atoms with Gasteiger partial charge in [-0.25, -0.2) is 0 Å². The van der Waals surface area contributed by atoms with Gasteiger partial charge in [-0.1, -0.05) is 6.42 Å². The van der Waals surface area contributed by atoms with Crippen molar-refractivity contribution in [2.24, 2.45) is 5.41 Å². The van der Waals surface area contributed by atoms with E-state index in [-0.39, 0.29) is 29.6 Å². The Morgan fingerprint density at radius 2 is 2.14 bits per heavy atom. The molecule has 0 unspecified atom stereocenters. The van der Waals surface area contributed by atoms with E-state index in [1.54, 1.807) is 0 Å². The number of rotatable bonds is 3. The molecule has 0 radical (unpaired) electrons. The zero-order valence-electron chi connectivity index (χ0n) is 13.0. The summed E-state index contributed by atoms with van der Waals surface area (Å²) in [6.45, 7) is 5.19. The number of likely N-dealkylation sites (tertiary alicyclic amines) is 1. The second-order valence-corrected chi connectivity index (χ2v) is 6.76. The number of amides is 1. The molecule has 3 fully saturated rings. The Morgan fingerprint density at radius 3 is 2.71 bits per heavy atom. The molecule has 2 heterocycles. The Hall–Kier alpha value is -0.650. The topological polar surface area (TPSA) is 61.8 Å². The van der Waals surface area contributed by atoms with Crippen LogP contribution in [0.3, 0.4) is 0 Å². The third-order valence-electron chi connectivity index (χ3n) is 5.72. The van der Waals surface area contributed by atoms with Gasteiger partial charge in [0, 0.05) is 31.5 Å². The molecule has 3 aliphatic rings. The average molecular weight is 296 g/mol. The van der Waals surface area contributed by atoms with E-state index in [0.29, 0.717) is 6.61 Å². The standard InChI is InChI=1S/C16H28N2O3/c1-2-21-14-11-13(19)16(14)6-9-18(10-7-16)15(20)12-5-3-4-8-17-12/h12-14,17,19H,2-11H2,1H3/t12-,13+,14+/m0/s1. The first-order chi connectivity index (χ1) is 10.2. The van der Waals surface area contributed by atoms with Crippen molar-refractivity contribution >= 4 is 5.91 Å². The molecule has 3 atom stereocenters. The lowest BCUT2D eigenvalue weighted by molar-refractivity contribution is -0.210. The fraction of sp³-hybridized carbons (Fsp3) is 0.938. The number of hydrogen-bond donors (Lipinski definition) is 2. The van der Waals surface area contributed by atoms with Crippen LogP contribution in [0.15, 0.2) is 0 Å². The van der Waals surface area contributed by atoms with E-state index in [0.717, 1.165) is 51.7 Å². The summed E-state index contributed by atoms with van der Waals surface area (Å²) in [6.07, 6.45) is 5.72. The van der Waals surface area contributed by atoms with Crippen LogP contribution in [0, 0.1) is 5.41 Å². The molecule has 1 spiro atoms. The highest BCUT2D eigenvalue weighted by Crippen LogP contribution is 2.51. The first-order valence-corrected chi connectivity index (χ1v) is 8.49. The molecule has 1 aliphatic carbocycles. The van der Waals surface area contributed by atoms with Crippen LogP contribution >= 0.6 is 0 Å². The van der Waals surface area contributed by atoms with Crippen LogP contribution in [0.1, 0.15) is 45.4 Å². The number of aliphatic hydroxyl groups excluding tert-OH is 1. The molecule has 3 rings (SSSR count). The SMILES string of the molecule is CCO[C@@H]1C[C@@H](O)C12CCN(C(=O)[C@@H]1CCCCN1)CC2. The molecule has 1 saturated carbocycles. The molecule has 0 bridgehead atoms. The second-order valence-electron chi connectivity index (χ2n) is 6.76. The lowest BCUT2D eigenvalue weighted by Crippen LogP contribution is -2.63. The highest BCUT2D eigenvalue weighted by molar-refractivity contribution is 5.82. The lowest BCUT2D eigenvalue weighted by atomic mass is 9.58. The van der Waals surface area contributed by atoms with Crippen molar-refractivity contribution in [3.63, 3.8) is 0 Å². The third-order valence-corrected chi connectivity index (χ3v) is 5.72. The van der Waals surface area contributed by atoms with Crippen molar-refractivity contribution in [2.75, 3.05) is 26.2 Å². The molecule has 120 valence electrons. The van der Waals surface area contributed by atoms with Gasteiger partial charge >= 0.3 is 0 Å². The van der Waals surface area contributed by atoms with Gasteiger partial charge in [-0.15, -0.1) is 0 Å². The van der Waals surface area contributed by atoms with E-state index in [1.165, 1.54) is 6.42 Å². The highest BCUT2D eigenvalue weighted by Gasteiger charge is 2.56. The first kappa shape index (κ1) is 15.3. The summed E-state index contributed by atoms with van der Waals surface area (Å²) in [6, 6.07) is 0.0156. The van der Waals surface area contributed by atoms with Gasteiger partial charge in [0.25, 0.3) is 0 Å². The van der Waals surface area contributed by atoms with E-state index in [4.69, 9.17) is 4.74 Å². The minimum atomic E-state index is -0.251. The van der Waals surface area contributed by atoms with E-state index in [2.05, 4.69) is 5.32 Å². The normalized spacial score (nSPS) is 35.5. The maximum absolute atomic E-state index is 12.5. The molecule has 2 saturated heterocycles. The summed E-state index contributed by atoms with van der Waals surface area (Å²) in [5, 5.41) is 13.5. The molecule has 21 heavy (non-hydrogen) atoms. The molecule has 0 aromatic rings. The van der Waals surface area contributed by atoms with Gasteiger partial charge < -0.3 is 20.1 Å². The van der Waals surface area contributed by atoms with Crippen molar-refractivity contribution in [3.05, 3.63) is 0 Å². The number of aliphatic hydroxyl groups is 1. The van der Waals surface area contributed by atoms with E-state index >= 15 is 0 Å². The number of nitrogens with zero attached hydrogens (tertiary/aromatic N) is 1. The summed E-state index contributed by atoms with van der Waals surface area (Å²) in [5.41, 5.74) is -0.0905. The van der Waals surface area contributed by atoms with Crippen molar-refractivity contribution in [2.45, 2.75) is 63.7 Å². The van der Waals surface area contributed by atoms with Crippen LogP contribution in [-0.4, -0.2) is 60.4 Å². The Balaban J connectivity index is 1.56. The zero-order valence-corrected chi connectivity index (χ0v) is 13.0. The molecular formula is C16H28N2O3. The lowest BCUT2D eigenvalue weighted by Gasteiger charge is -2.56. The number of hydrogen-bond acceptors (Lipinski definition) is 4. The highest BCUT2D eigenvalue weighted by atomic mass is 16.5. The summed E-state index contributed by atoms with van der Waals surface area (Å²) >= 11 is 0. The maximum atomic E-state index is 12.5. The monoisotopic (exact) mass is 296 g/mol. The molecule has 1 amide bonds. The van der Waals surface area contributed by atoms with Crippen LogP contribution in [-0.2, 0) is 9.53 Å². The van der Waals surface area contributed by atoms with Gasteiger partial charge in [0.05, 0.1) is 18.2 Å². The van der Waals surface area contributed by atoms with Crippen LogP contribution in [0.2, 0.25) is 0 Å². The third kappa shape index (κ3) is 2.71. The maximum Gasteiger partial charge on any atom is 0.239 e. The largest absolute Gasteiger partial charge is 0.392 e. The summed E-state index contributed by atoms with van der Waals surface area (Å²) in [4.78, 5) is 14.5. The molecule has 2 N–H and O–H groups in total. The Bertz CT molecular complexity index is 372. The van der Waals surface area contributed by atoms with Crippen LogP contribution < -0.4 is 5.32 Å². The number of piperidine rings is 2. The van der Waals surface area contributed by atoms with Crippen molar-refractivity contribution in [1.82, 2.24) is 10.2 Å². The number of ether oxygens (including phenoxy) is 1. The van der Waals surface area contributed by atoms with Gasteiger partial charge in [-0.3, -0.25) is 4.79 Å². The smallest absolute Gasteiger partial charge is 0.239 e. The Morgan fingerprint density at radius 1 is 1.38 bits per heavy atom. The zero-order chi connectivity index (χ0) is 14.9. The minimum Gasteiger partial charge on any atom is -0.392 e. The van der Waals surface area contributed by atoms with E-state index in [1.807, 2.05) is 11.8 Å². The van der Waals surface area contributed by atoms with E-state index in [9.17, 15) is 9.90 Å². The Kier molecular flexibility index (Phi) is 4.52. The van der Waals surface area contributed by atoms with Gasteiger partial charge in [-0.2, -0.15) is 0 Å². The van der Waals surface area contributed by atoms with Crippen LogP contribution in [0.5, 0.6) is 0 Å². The van der Waals surface area contributed by atoms with Gasteiger partial charge in [0.15, 0.2) is 0 Å². The molecule has 0 aromatic carbocycles. The van der Waals surface area contributed by atoms with Crippen molar-refractivity contribution in [3.8, 4) is 0 Å². The minimum absolute atomic E-state index is 0.0156. The quantitative estimate of drug-likeness (QED) is 0.812. The second kappa shape index (κ2) is 6.23. The summed E-state index contributed by atoms with van der Waals surface area (Å²) < 4.78 is 5.78. The molecule has 5 heteroatoms. The van der Waals surface area contributed by atoms with Crippen molar-refractivity contribution in [1.29, 1.82) is 0 Å². The number of carbonyl (C=O) groups is 1. The van der Waals surface area contributed by atoms with Gasteiger partial charge in [0.2, 0.25) is 5.91 Å². The van der Waals surface area contributed by atoms with Gasteiger partial charge in [-0.05, 0) is 39.2 Å². The van der Waals surface area contributed by atoms with Crippen LogP contribution in [0.4, 0.5) is 0 Å². The van der Waals surface area contributed by atoms with Crippen LogP contribution in [0.25, 0.3) is 0 Å². The first-order valence-electron chi connectivity index (χ1n) is 8.49. The van der Waals surface area contributed by atoms with Gasteiger partial charge in [0.1, 0.15) is 0 Å².